The molecule has 2 aromatic carbocycles. The number of nitrogens with one attached hydrogen (secondary N) is 1. The summed E-state index contributed by atoms with van der Waals surface area (Å²) in [4.78, 5) is 25.5. The Morgan fingerprint density at radius 2 is 1.90 bits per heavy atom. The molecule has 1 aromatic heterocycles. The number of thiazole rings is 1. The molecule has 0 fully saturated rings. The van der Waals surface area contributed by atoms with Crippen molar-refractivity contribution in [2.45, 2.75) is 6.92 Å². The van der Waals surface area contributed by atoms with Crippen molar-refractivity contribution in [1.29, 1.82) is 5.26 Å². The van der Waals surface area contributed by atoms with Gasteiger partial charge in [-0.3, -0.25) is 14.2 Å². The molecule has 7 heteroatoms. The van der Waals surface area contributed by atoms with E-state index in [-0.39, 0.29) is 15.8 Å². The molecule has 0 aliphatic carbocycles. The van der Waals surface area contributed by atoms with Gasteiger partial charge in [-0.15, -0.1) is 11.3 Å². The van der Waals surface area contributed by atoms with Crippen LogP contribution in [0.5, 0.6) is 5.75 Å². The van der Waals surface area contributed by atoms with E-state index in [1.165, 1.54) is 11.6 Å². The van der Waals surface area contributed by atoms with Crippen molar-refractivity contribution >= 4 is 28.9 Å². The molecule has 0 radical (unpaired) electrons. The monoisotopic (exact) mass is 405 g/mol. The van der Waals surface area contributed by atoms with Gasteiger partial charge in [-0.2, -0.15) is 5.26 Å². The van der Waals surface area contributed by atoms with Crippen molar-refractivity contribution < 1.29 is 9.53 Å². The number of nitriles is 1. The van der Waals surface area contributed by atoms with Crippen LogP contribution in [0, 0.1) is 11.3 Å². The summed E-state index contributed by atoms with van der Waals surface area (Å²) < 4.78 is 7.71. The largest absolute Gasteiger partial charge is 0.493 e. The van der Waals surface area contributed by atoms with Crippen LogP contribution in [0.3, 0.4) is 0 Å². The molecular formula is C22H19N3O3S. The minimum absolute atomic E-state index is 0.115. The van der Waals surface area contributed by atoms with Crippen LogP contribution in [0.1, 0.15) is 12.5 Å². The van der Waals surface area contributed by atoms with Gasteiger partial charge in [0, 0.05) is 12.6 Å². The number of carbonyl (C=O) groups is 1. The summed E-state index contributed by atoms with van der Waals surface area (Å²) in [5.41, 5.74) is 0.909. The molecule has 0 atom stereocenters. The molecule has 0 spiro atoms. The second-order valence-electron chi connectivity index (χ2n) is 5.93. The molecule has 1 heterocycles. The molecule has 0 unspecified atom stereocenters. The fraction of sp³-hybridized carbons (Fsp3) is 0.136. The smallest absolute Gasteiger partial charge is 0.273 e. The lowest BCUT2D eigenvalue weighted by Gasteiger charge is -2.05. The van der Waals surface area contributed by atoms with Crippen molar-refractivity contribution in [3.05, 3.63) is 79.7 Å². The Kier molecular flexibility index (Phi) is 6.27. The highest BCUT2D eigenvalue weighted by Gasteiger charge is 2.16. The van der Waals surface area contributed by atoms with Crippen molar-refractivity contribution in [3.8, 4) is 17.5 Å². The number of ether oxygens (including phenoxy) is 1. The number of hydrogen-bond donors (Lipinski definition) is 1. The molecule has 0 saturated carbocycles. The first kappa shape index (κ1) is 20.1. The number of aromatic nitrogens is 1. The van der Waals surface area contributed by atoms with Crippen LogP contribution in [0.4, 0.5) is 0 Å². The number of hydrogen-bond acceptors (Lipinski definition) is 5. The van der Waals surface area contributed by atoms with Gasteiger partial charge in [0.2, 0.25) is 0 Å². The first-order valence-corrected chi connectivity index (χ1v) is 9.79. The molecule has 0 aliphatic rings. The van der Waals surface area contributed by atoms with Crippen molar-refractivity contribution in [2.24, 2.45) is 0 Å². The SMILES string of the molecule is CCOc1ccccc1/C=c1/s/c(=C(\C#N)C(=O)NC)n(-c2ccccc2)c1=O. The third kappa shape index (κ3) is 4.13. The van der Waals surface area contributed by atoms with Gasteiger partial charge in [-0.05, 0) is 31.2 Å². The van der Waals surface area contributed by atoms with E-state index in [0.717, 1.165) is 16.9 Å². The number of benzene rings is 2. The van der Waals surface area contributed by atoms with Gasteiger partial charge in [-0.25, -0.2) is 0 Å². The predicted octanol–water partition coefficient (Wildman–Crippen LogP) is 1.55. The first-order valence-electron chi connectivity index (χ1n) is 8.98. The van der Waals surface area contributed by atoms with E-state index in [4.69, 9.17) is 4.74 Å². The Hall–Kier alpha value is -3.63. The molecule has 3 aromatic rings. The standard InChI is InChI=1S/C22H19N3O3S/c1-3-28-18-12-8-7-9-15(18)13-19-21(27)25(16-10-5-4-6-11-16)22(29-19)17(14-23)20(26)24-2/h4-13H,3H2,1-2H3,(H,24,26)/b19-13+,22-17+. The summed E-state index contributed by atoms with van der Waals surface area (Å²) in [7, 11) is 1.45. The Labute approximate surface area is 171 Å². The second kappa shape index (κ2) is 9.04. The maximum absolute atomic E-state index is 13.2. The molecule has 1 N–H and O–H groups in total. The second-order valence-corrected chi connectivity index (χ2v) is 6.96. The highest BCUT2D eigenvalue weighted by molar-refractivity contribution is 7.07. The summed E-state index contributed by atoms with van der Waals surface area (Å²) in [6.07, 6.45) is 1.72. The Bertz CT molecular complexity index is 1250. The average Bonchev–Trinajstić information content (AvgIpc) is 3.06. The molecular weight excluding hydrogens is 386 g/mol. The Morgan fingerprint density at radius 3 is 2.55 bits per heavy atom. The molecule has 1 amide bonds. The molecule has 0 bridgehead atoms. The van der Waals surface area contributed by atoms with Crippen LogP contribution >= 0.6 is 11.3 Å². The summed E-state index contributed by atoms with van der Waals surface area (Å²) in [6.45, 7) is 2.39. The molecule has 0 saturated heterocycles. The fourth-order valence-electron chi connectivity index (χ4n) is 2.81. The van der Waals surface area contributed by atoms with Gasteiger partial charge in [-0.1, -0.05) is 36.4 Å². The van der Waals surface area contributed by atoms with Gasteiger partial charge in [0.25, 0.3) is 11.5 Å². The zero-order valence-corrected chi connectivity index (χ0v) is 16.8. The lowest BCUT2D eigenvalue weighted by Crippen LogP contribution is -2.33. The lowest BCUT2D eigenvalue weighted by molar-refractivity contribution is -0.115. The van der Waals surface area contributed by atoms with Gasteiger partial charge < -0.3 is 10.1 Å². The minimum Gasteiger partial charge on any atom is -0.493 e. The summed E-state index contributed by atoms with van der Waals surface area (Å²) >= 11 is 1.10. The van der Waals surface area contributed by atoms with Gasteiger partial charge in [0.05, 0.1) is 16.8 Å². The Morgan fingerprint density at radius 1 is 1.21 bits per heavy atom. The zero-order chi connectivity index (χ0) is 20.8. The molecule has 29 heavy (non-hydrogen) atoms. The van der Waals surface area contributed by atoms with E-state index in [1.807, 2.05) is 43.3 Å². The van der Waals surface area contributed by atoms with Crippen molar-refractivity contribution in [1.82, 2.24) is 9.88 Å². The third-order valence-corrected chi connectivity index (χ3v) is 5.22. The summed E-state index contributed by atoms with van der Waals surface area (Å²) in [5, 5.41) is 12.0. The van der Waals surface area contributed by atoms with E-state index in [2.05, 4.69) is 5.32 Å². The van der Waals surface area contributed by atoms with Gasteiger partial charge in [0.1, 0.15) is 16.5 Å². The van der Waals surface area contributed by atoms with Crippen LogP contribution in [0.25, 0.3) is 17.3 Å². The minimum atomic E-state index is -0.542. The molecule has 3 rings (SSSR count). The number of carbonyl (C=O) groups excluding carboxylic acids is 1. The quantitative estimate of drug-likeness (QED) is 0.698. The van der Waals surface area contributed by atoms with Crippen LogP contribution < -0.4 is 24.8 Å². The third-order valence-electron chi connectivity index (χ3n) is 4.12. The van der Waals surface area contributed by atoms with E-state index in [1.54, 1.807) is 30.3 Å². The molecule has 6 nitrogen and oxygen atoms in total. The van der Waals surface area contributed by atoms with E-state index >= 15 is 0 Å². The molecule has 146 valence electrons. The molecule has 0 aliphatic heterocycles. The number of nitrogens with zero attached hydrogens (tertiary/aromatic N) is 2. The van der Waals surface area contributed by atoms with E-state index in [0.29, 0.717) is 22.6 Å². The summed E-state index contributed by atoms with van der Waals surface area (Å²) in [6, 6.07) is 18.3. The average molecular weight is 405 g/mol. The van der Waals surface area contributed by atoms with Crippen molar-refractivity contribution in [3.63, 3.8) is 0 Å². The number of para-hydroxylation sites is 2. The van der Waals surface area contributed by atoms with Crippen LogP contribution in [0.2, 0.25) is 0 Å². The fourth-order valence-corrected chi connectivity index (χ4v) is 3.90. The van der Waals surface area contributed by atoms with Crippen molar-refractivity contribution in [2.75, 3.05) is 13.7 Å². The van der Waals surface area contributed by atoms with E-state index < -0.39 is 5.91 Å². The summed E-state index contributed by atoms with van der Waals surface area (Å²) in [5.74, 6) is 0.117. The lowest BCUT2D eigenvalue weighted by atomic mass is 10.2. The van der Waals surface area contributed by atoms with Crippen LogP contribution in [-0.2, 0) is 4.79 Å². The Balaban J connectivity index is 2.39. The highest BCUT2D eigenvalue weighted by Crippen LogP contribution is 2.18. The maximum Gasteiger partial charge on any atom is 0.273 e. The normalized spacial score (nSPS) is 12.2. The van der Waals surface area contributed by atoms with Crippen LogP contribution in [-0.4, -0.2) is 24.1 Å². The number of amides is 1. The van der Waals surface area contributed by atoms with Gasteiger partial charge >= 0.3 is 0 Å². The first-order chi connectivity index (χ1) is 14.1. The number of rotatable bonds is 5. The predicted molar refractivity (Wildman–Crippen MR) is 113 cm³/mol. The zero-order valence-electron chi connectivity index (χ0n) is 16.0. The highest BCUT2D eigenvalue weighted by atomic mass is 32.1. The maximum atomic E-state index is 13.2. The topological polar surface area (TPSA) is 84.1 Å². The van der Waals surface area contributed by atoms with E-state index in [9.17, 15) is 14.9 Å². The van der Waals surface area contributed by atoms with Gasteiger partial charge in [0.15, 0.2) is 5.57 Å². The van der Waals surface area contributed by atoms with Crippen LogP contribution in [0.15, 0.2) is 59.4 Å².